The predicted octanol–water partition coefficient (Wildman–Crippen LogP) is 4.18. The maximum absolute atomic E-state index is 12.3. The minimum atomic E-state index is -0.134. The number of nitrogens with zero attached hydrogens (tertiary/aromatic N) is 3. The van der Waals surface area contributed by atoms with E-state index in [1.165, 1.54) is 16.9 Å². The summed E-state index contributed by atoms with van der Waals surface area (Å²) in [6.45, 7) is 0.573. The van der Waals surface area contributed by atoms with Crippen LogP contribution in [0, 0.1) is 0 Å². The molecule has 2 aromatic carbocycles. The number of nitrogens with one attached hydrogen (secondary N) is 1. The number of aryl methyl sites for hydroxylation is 1. The largest absolute Gasteiger partial charge is 0.350 e. The molecule has 0 atom stereocenters. The topological polar surface area (TPSA) is 59.8 Å². The highest BCUT2D eigenvalue weighted by Crippen LogP contribution is 2.23. The van der Waals surface area contributed by atoms with Gasteiger partial charge in [-0.25, -0.2) is 4.98 Å². The van der Waals surface area contributed by atoms with Crippen molar-refractivity contribution in [3.63, 3.8) is 0 Å². The van der Waals surface area contributed by atoms with Gasteiger partial charge in [-0.05, 0) is 17.5 Å². The van der Waals surface area contributed by atoms with Crippen molar-refractivity contribution < 1.29 is 4.79 Å². The second-order valence-corrected chi connectivity index (χ2v) is 7.37. The second kappa shape index (κ2) is 8.19. The van der Waals surface area contributed by atoms with E-state index in [9.17, 15) is 4.79 Å². The van der Waals surface area contributed by atoms with Crippen LogP contribution < -0.4 is 5.32 Å². The zero-order chi connectivity index (χ0) is 19.3. The molecule has 0 aliphatic rings. The summed E-state index contributed by atoms with van der Waals surface area (Å²) < 4.78 is 1.79. The number of hydrogen-bond acceptors (Lipinski definition) is 4. The number of thiazole rings is 1. The van der Waals surface area contributed by atoms with E-state index in [4.69, 9.17) is 0 Å². The van der Waals surface area contributed by atoms with Gasteiger partial charge in [-0.3, -0.25) is 9.48 Å². The minimum absolute atomic E-state index is 0.134. The number of amides is 1. The van der Waals surface area contributed by atoms with Gasteiger partial charge in [0.1, 0.15) is 10.7 Å². The van der Waals surface area contributed by atoms with Crippen molar-refractivity contribution in [2.75, 3.05) is 6.54 Å². The summed E-state index contributed by atoms with van der Waals surface area (Å²) in [6, 6.07) is 18.2. The SMILES string of the molecule is Cn1cc(-c2ccc(CCNC(=O)c3csc(-c4ccccc4)n3)cc2)cn1. The molecule has 0 fully saturated rings. The zero-order valence-electron chi connectivity index (χ0n) is 15.5. The fourth-order valence-electron chi connectivity index (χ4n) is 2.94. The highest BCUT2D eigenvalue weighted by atomic mass is 32.1. The number of rotatable bonds is 6. The number of hydrogen-bond donors (Lipinski definition) is 1. The first-order valence-corrected chi connectivity index (χ1v) is 9.94. The van der Waals surface area contributed by atoms with E-state index in [-0.39, 0.29) is 5.91 Å². The van der Waals surface area contributed by atoms with Crippen LogP contribution in [0.4, 0.5) is 0 Å². The minimum Gasteiger partial charge on any atom is -0.350 e. The van der Waals surface area contributed by atoms with Gasteiger partial charge in [0.2, 0.25) is 0 Å². The average Bonchev–Trinajstić information content (AvgIpc) is 3.39. The Morgan fingerprint density at radius 1 is 1.04 bits per heavy atom. The third kappa shape index (κ3) is 4.18. The lowest BCUT2D eigenvalue weighted by Crippen LogP contribution is -2.25. The molecule has 0 unspecified atom stereocenters. The quantitative estimate of drug-likeness (QED) is 0.539. The van der Waals surface area contributed by atoms with Crippen molar-refractivity contribution in [2.24, 2.45) is 7.05 Å². The molecule has 28 heavy (non-hydrogen) atoms. The Bertz CT molecular complexity index is 1070. The number of carbonyl (C=O) groups excluding carboxylic acids is 1. The molecule has 0 spiro atoms. The molecule has 0 aliphatic heterocycles. The van der Waals surface area contributed by atoms with Gasteiger partial charge in [0.25, 0.3) is 5.91 Å². The molecular weight excluding hydrogens is 368 g/mol. The molecular formula is C22H20N4OS. The molecule has 1 N–H and O–H groups in total. The van der Waals surface area contributed by atoms with Crippen LogP contribution in [0.1, 0.15) is 16.1 Å². The van der Waals surface area contributed by atoms with Crippen LogP contribution >= 0.6 is 11.3 Å². The van der Waals surface area contributed by atoms with Crippen molar-refractivity contribution in [3.8, 4) is 21.7 Å². The lowest BCUT2D eigenvalue weighted by molar-refractivity contribution is 0.0950. The number of carbonyl (C=O) groups is 1. The smallest absolute Gasteiger partial charge is 0.270 e. The summed E-state index contributed by atoms with van der Waals surface area (Å²) in [6.07, 6.45) is 4.62. The summed E-state index contributed by atoms with van der Waals surface area (Å²) in [5.41, 5.74) is 4.91. The highest BCUT2D eigenvalue weighted by molar-refractivity contribution is 7.13. The molecule has 4 rings (SSSR count). The van der Waals surface area contributed by atoms with Crippen molar-refractivity contribution >= 4 is 17.2 Å². The molecule has 1 amide bonds. The van der Waals surface area contributed by atoms with Gasteiger partial charge in [-0.1, -0.05) is 54.6 Å². The van der Waals surface area contributed by atoms with Gasteiger partial charge < -0.3 is 5.32 Å². The fraction of sp³-hybridized carbons (Fsp3) is 0.136. The van der Waals surface area contributed by atoms with Gasteiger partial charge in [-0.15, -0.1) is 11.3 Å². The standard InChI is InChI=1S/C22H20N4OS/c1-26-14-19(13-24-26)17-9-7-16(8-10-17)11-12-23-21(27)20-15-28-22(25-20)18-5-3-2-4-6-18/h2-10,13-15H,11-12H2,1H3,(H,23,27). The molecule has 6 heteroatoms. The Morgan fingerprint density at radius 2 is 1.82 bits per heavy atom. The first-order chi connectivity index (χ1) is 13.7. The van der Waals surface area contributed by atoms with E-state index in [1.807, 2.05) is 49.8 Å². The molecule has 0 aliphatic carbocycles. The zero-order valence-corrected chi connectivity index (χ0v) is 16.3. The summed E-state index contributed by atoms with van der Waals surface area (Å²) in [7, 11) is 1.91. The van der Waals surface area contributed by atoms with E-state index in [0.29, 0.717) is 12.2 Å². The Kier molecular flexibility index (Phi) is 5.30. The predicted molar refractivity (Wildman–Crippen MR) is 112 cm³/mol. The van der Waals surface area contributed by atoms with Crippen molar-refractivity contribution in [2.45, 2.75) is 6.42 Å². The van der Waals surface area contributed by atoms with Gasteiger partial charge in [0, 0.05) is 36.3 Å². The second-order valence-electron chi connectivity index (χ2n) is 6.51. The molecule has 2 heterocycles. The van der Waals surface area contributed by atoms with E-state index in [1.54, 1.807) is 10.1 Å². The molecule has 4 aromatic rings. The lowest BCUT2D eigenvalue weighted by atomic mass is 10.1. The molecule has 2 aromatic heterocycles. The summed E-state index contributed by atoms with van der Waals surface area (Å²) in [5, 5.41) is 9.82. The summed E-state index contributed by atoms with van der Waals surface area (Å²) in [4.78, 5) is 16.8. The Labute approximate surface area is 167 Å². The third-order valence-corrected chi connectivity index (χ3v) is 5.34. The first kappa shape index (κ1) is 18.1. The average molecular weight is 388 g/mol. The Hall–Kier alpha value is -3.25. The van der Waals surface area contributed by atoms with E-state index >= 15 is 0 Å². The first-order valence-electron chi connectivity index (χ1n) is 9.06. The van der Waals surface area contributed by atoms with Gasteiger partial charge in [-0.2, -0.15) is 5.10 Å². The van der Waals surface area contributed by atoms with Crippen LogP contribution in [0.5, 0.6) is 0 Å². The van der Waals surface area contributed by atoms with Crippen LogP contribution in [0.3, 0.4) is 0 Å². The normalized spacial score (nSPS) is 10.8. The fourth-order valence-corrected chi connectivity index (χ4v) is 3.74. The van der Waals surface area contributed by atoms with Crippen LogP contribution in [-0.4, -0.2) is 27.2 Å². The van der Waals surface area contributed by atoms with Crippen LogP contribution in [0.25, 0.3) is 21.7 Å². The van der Waals surface area contributed by atoms with Crippen LogP contribution in [0.15, 0.2) is 72.4 Å². The molecule has 0 saturated heterocycles. The summed E-state index contributed by atoms with van der Waals surface area (Å²) >= 11 is 1.48. The van der Waals surface area contributed by atoms with E-state index in [0.717, 1.165) is 28.1 Å². The maximum atomic E-state index is 12.3. The van der Waals surface area contributed by atoms with Crippen LogP contribution in [-0.2, 0) is 13.5 Å². The lowest BCUT2D eigenvalue weighted by Gasteiger charge is -2.05. The highest BCUT2D eigenvalue weighted by Gasteiger charge is 2.11. The van der Waals surface area contributed by atoms with Gasteiger partial charge >= 0.3 is 0 Å². The number of aromatic nitrogens is 3. The summed E-state index contributed by atoms with van der Waals surface area (Å²) in [5.74, 6) is -0.134. The maximum Gasteiger partial charge on any atom is 0.270 e. The van der Waals surface area contributed by atoms with Gasteiger partial charge in [0.05, 0.1) is 6.20 Å². The monoisotopic (exact) mass is 388 g/mol. The Morgan fingerprint density at radius 3 is 2.54 bits per heavy atom. The third-order valence-electron chi connectivity index (χ3n) is 4.45. The Balaban J connectivity index is 1.31. The number of benzene rings is 2. The van der Waals surface area contributed by atoms with Crippen LogP contribution in [0.2, 0.25) is 0 Å². The molecule has 0 bridgehead atoms. The van der Waals surface area contributed by atoms with Crippen molar-refractivity contribution in [1.29, 1.82) is 0 Å². The van der Waals surface area contributed by atoms with Crippen molar-refractivity contribution in [1.82, 2.24) is 20.1 Å². The molecule has 0 saturated carbocycles. The molecule has 0 radical (unpaired) electrons. The van der Waals surface area contributed by atoms with Crippen molar-refractivity contribution in [3.05, 3.63) is 83.6 Å². The van der Waals surface area contributed by atoms with Gasteiger partial charge in [0.15, 0.2) is 0 Å². The molecule has 5 nitrogen and oxygen atoms in total. The molecule has 140 valence electrons. The van der Waals surface area contributed by atoms with E-state index in [2.05, 4.69) is 39.7 Å². The van der Waals surface area contributed by atoms with E-state index < -0.39 is 0 Å².